The Bertz CT molecular complexity index is 863. The molecule has 1 aliphatic heterocycles. The van der Waals surface area contributed by atoms with Gasteiger partial charge < -0.3 is 19.5 Å². The van der Waals surface area contributed by atoms with Crippen molar-refractivity contribution in [3.63, 3.8) is 0 Å². The van der Waals surface area contributed by atoms with Crippen LogP contribution >= 0.6 is 0 Å². The van der Waals surface area contributed by atoms with Crippen LogP contribution in [0, 0.1) is 5.92 Å². The van der Waals surface area contributed by atoms with Crippen molar-refractivity contribution in [1.29, 1.82) is 0 Å². The molecule has 0 spiro atoms. The number of carbonyl (C=O) groups is 2. The van der Waals surface area contributed by atoms with Crippen LogP contribution in [-0.2, 0) is 16.1 Å². The van der Waals surface area contributed by atoms with E-state index in [1.54, 1.807) is 29.2 Å². The zero-order valence-corrected chi connectivity index (χ0v) is 16.9. The fourth-order valence-electron chi connectivity index (χ4n) is 3.83. The largest absolute Gasteiger partial charge is 0.478 e. The van der Waals surface area contributed by atoms with Gasteiger partial charge in [-0.15, -0.1) is 0 Å². The van der Waals surface area contributed by atoms with E-state index >= 15 is 0 Å². The predicted octanol–water partition coefficient (Wildman–Crippen LogP) is 4.65. The number of benzene rings is 2. The number of aromatic carboxylic acids is 1. The molecule has 1 amide bonds. The molecule has 1 heterocycles. The number of nitrogens with zero attached hydrogens (tertiary/aromatic N) is 1. The van der Waals surface area contributed by atoms with Gasteiger partial charge in [0.1, 0.15) is 6.61 Å². The van der Waals surface area contributed by atoms with Crippen LogP contribution in [-0.4, -0.2) is 41.3 Å². The normalized spacial score (nSPS) is 21.3. The van der Waals surface area contributed by atoms with Gasteiger partial charge in [-0.25, -0.2) is 9.59 Å². The first kappa shape index (κ1) is 20.4. The molecule has 2 atom stereocenters. The number of carboxylic acid groups (broad SMARTS) is 1. The maximum Gasteiger partial charge on any atom is 0.410 e. The van der Waals surface area contributed by atoms with Gasteiger partial charge in [0.25, 0.3) is 0 Å². The van der Waals surface area contributed by atoms with Crippen molar-refractivity contribution >= 4 is 12.1 Å². The minimum absolute atomic E-state index is 0.0907. The lowest BCUT2D eigenvalue weighted by molar-refractivity contribution is -0.0208. The lowest BCUT2D eigenvalue weighted by Crippen LogP contribution is -2.43. The van der Waals surface area contributed by atoms with Crippen LogP contribution in [0.4, 0.5) is 4.79 Å². The van der Waals surface area contributed by atoms with Gasteiger partial charge >= 0.3 is 12.1 Å². The summed E-state index contributed by atoms with van der Waals surface area (Å²) in [6, 6.07) is 16.1. The van der Waals surface area contributed by atoms with Crippen LogP contribution in [0.1, 0.15) is 53.2 Å². The summed E-state index contributed by atoms with van der Waals surface area (Å²) < 4.78 is 11.7. The Kier molecular flexibility index (Phi) is 6.33. The average Bonchev–Trinajstić information content (AvgIpc) is 3.61. The zero-order chi connectivity index (χ0) is 20.9. The molecule has 2 fully saturated rings. The summed E-state index contributed by atoms with van der Waals surface area (Å²) in [7, 11) is 0. The minimum atomic E-state index is -0.963. The minimum Gasteiger partial charge on any atom is -0.478 e. The number of carboxylic acids is 1. The van der Waals surface area contributed by atoms with E-state index in [4.69, 9.17) is 14.6 Å². The highest BCUT2D eigenvalue weighted by Gasteiger charge is 2.35. The number of piperidine rings is 1. The van der Waals surface area contributed by atoms with Gasteiger partial charge in [0.2, 0.25) is 0 Å². The highest BCUT2D eigenvalue weighted by Crippen LogP contribution is 2.35. The molecule has 0 radical (unpaired) electrons. The van der Waals surface area contributed by atoms with Crippen LogP contribution in [0.3, 0.4) is 0 Å². The number of ether oxygens (including phenoxy) is 2. The molecule has 0 unspecified atom stereocenters. The van der Waals surface area contributed by atoms with E-state index in [2.05, 4.69) is 0 Å². The molecule has 0 bridgehead atoms. The second-order valence-corrected chi connectivity index (χ2v) is 8.10. The first-order chi connectivity index (χ1) is 14.6. The van der Waals surface area contributed by atoms with Crippen molar-refractivity contribution in [1.82, 2.24) is 4.90 Å². The van der Waals surface area contributed by atoms with Crippen LogP contribution in [0.15, 0.2) is 54.6 Å². The van der Waals surface area contributed by atoms with Crippen LogP contribution in [0.2, 0.25) is 0 Å². The quantitative estimate of drug-likeness (QED) is 0.720. The first-order valence-electron chi connectivity index (χ1n) is 10.5. The molecule has 1 aliphatic carbocycles. The van der Waals surface area contributed by atoms with Gasteiger partial charge in [-0.05, 0) is 54.9 Å². The fourth-order valence-corrected chi connectivity index (χ4v) is 3.83. The van der Waals surface area contributed by atoms with Crippen LogP contribution in [0.25, 0.3) is 0 Å². The Morgan fingerprint density at radius 1 is 1.00 bits per heavy atom. The second-order valence-electron chi connectivity index (χ2n) is 8.10. The fraction of sp³-hybridized carbons (Fsp3) is 0.417. The monoisotopic (exact) mass is 409 g/mol. The maximum absolute atomic E-state index is 12.9. The topological polar surface area (TPSA) is 76.1 Å². The highest BCUT2D eigenvalue weighted by atomic mass is 16.6. The molecule has 0 aromatic heterocycles. The van der Waals surface area contributed by atoms with Gasteiger partial charge in [0, 0.05) is 13.2 Å². The smallest absolute Gasteiger partial charge is 0.410 e. The van der Waals surface area contributed by atoms with Crippen LogP contribution in [0.5, 0.6) is 0 Å². The molecule has 2 aromatic carbocycles. The molecule has 1 N–H and O–H groups in total. The number of hydrogen-bond acceptors (Lipinski definition) is 4. The zero-order valence-electron chi connectivity index (χ0n) is 16.9. The number of rotatable bonds is 7. The summed E-state index contributed by atoms with van der Waals surface area (Å²) in [6.07, 6.45) is 3.67. The van der Waals surface area contributed by atoms with Gasteiger partial charge in [-0.2, -0.15) is 0 Å². The van der Waals surface area contributed by atoms with Gasteiger partial charge in [-0.3, -0.25) is 0 Å². The Hall–Kier alpha value is -2.86. The summed E-state index contributed by atoms with van der Waals surface area (Å²) in [5, 5.41) is 9.17. The predicted molar refractivity (Wildman–Crippen MR) is 111 cm³/mol. The molecular weight excluding hydrogens is 382 g/mol. The third kappa shape index (κ3) is 5.19. The summed E-state index contributed by atoms with van der Waals surface area (Å²) >= 11 is 0. The Morgan fingerprint density at radius 2 is 1.73 bits per heavy atom. The van der Waals surface area contributed by atoms with E-state index in [1.807, 2.05) is 30.3 Å². The number of hydrogen-bond donors (Lipinski definition) is 1. The van der Waals surface area contributed by atoms with Crippen molar-refractivity contribution in [2.24, 2.45) is 5.92 Å². The number of carbonyl (C=O) groups excluding carboxylic acids is 1. The van der Waals surface area contributed by atoms with Crippen molar-refractivity contribution in [3.05, 3.63) is 71.3 Å². The molecule has 158 valence electrons. The van der Waals surface area contributed by atoms with Gasteiger partial charge in [0.15, 0.2) is 0 Å². The van der Waals surface area contributed by atoms with E-state index in [0.29, 0.717) is 18.9 Å². The Balaban J connectivity index is 1.46. The molecular formula is C24H27NO5. The van der Waals surface area contributed by atoms with E-state index in [1.165, 1.54) is 12.8 Å². The summed E-state index contributed by atoms with van der Waals surface area (Å²) in [5.74, 6) is -0.276. The Morgan fingerprint density at radius 3 is 2.40 bits per heavy atom. The van der Waals surface area contributed by atoms with Gasteiger partial charge in [-0.1, -0.05) is 42.5 Å². The van der Waals surface area contributed by atoms with Crippen molar-refractivity contribution in [2.45, 2.75) is 44.4 Å². The number of amides is 1. The molecule has 30 heavy (non-hydrogen) atoms. The standard InChI is InChI=1S/C24H27NO5/c26-23(27)20-10-8-19(9-11-20)22-14-21(29-15-18-6-7-18)12-13-25(22)24(28)30-16-17-4-2-1-3-5-17/h1-5,8-11,18,21-22H,6-7,12-16H2,(H,26,27)/t21-,22-/m0/s1. The lowest BCUT2D eigenvalue weighted by atomic mass is 9.93. The van der Waals surface area contributed by atoms with E-state index in [9.17, 15) is 9.59 Å². The average molecular weight is 409 g/mol. The van der Waals surface area contributed by atoms with Gasteiger partial charge in [0.05, 0.1) is 17.7 Å². The summed E-state index contributed by atoms with van der Waals surface area (Å²) in [6.45, 7) is 1.56. The molecule has 6 heteroatoms. The van der Waals surface area contributed by atoms with Crippen molar-refractivity contribution < 1.29 is 24.2 Å². The van der Waals surface area contributed by atoms with Crippen molar-refractivity contribution in [3.8, 4) is 0 Å². The third-order valence-electron chi connectivity index (χ3n) is 5.80. The van der Waals surface area contributed by atoms with E-state index in [0.717, 1.165) is 24.2 Å². The maximum atomic E-state index is 12.9. The lowest BCUT2D eigenvalue weighted by Gasteiger charge is -2.39. The first-order valence-corrected chi connectivity index (χ1v) is 10.5. The molecule has 2 aliphatic rings. The second kappa shape index (κ2) is 9.30. The Labute approximate surface area is 176 Å². The van der Waals surface area contributed by atoms with Crippen LogP contribution < -0.4 is 0 Å². The summed E-state index contributed by atoms with van der Waals surface area (Å²) in [4.78, 5) is 25.8. The molecule has 1 saturated heterocycles. The highest BCUT2D eigenvalue weighted by molar-refractivity contribution is 5.87. The summed E-state index contributed by atoms with van der Waals surface area (Å²) in [5.41, 5.74) is 2.07. The molecule has 6 nitrogen and oxygen atoms in total. The number of likely N-dealkylation sites (tertiary alicyclic amines) is 1. The van der Waals surface area contributed by atoms with E-state index in [-0.39, 0.29) is 30.4 Å². The van der Waals surface area contributed by atoms with E-state index < -0.39 is 5.97 Å². The van der Waals surface area contributed by atoms with Crippen molar-refractivity contribution in [2.75, 3.05) is 13.2 Å². The molecule has 4 rings (SSSR count). The SMILES string of the molecule is O=C(O)c1ccc([C@@H]2C[C@@H](OCC3CC3)CCN2C(=O)OCc2ccccc2)cc1. The third-order valence-corrected chi connectivity index (χ3v) is 5.80. The molecule has 2 aromatic rings. The molecule has 1 saturated carbocycles.